The van der Waals surface area contributed by atoms with Crippen LogP contribution in [0.3, 0.4) is 0 Å². The van der Waals surface area contributed by atoms with Crippen LogP contribution in [0, 0.1) is 0 Å². The highest BCUT2D eigenvalue weighted by Crippen LogP contribution is 2.19. The zero-order valence-electron chi connectivity index (χ0n) is 10.6. The SMILES string of the molecule is CC(NS(=O)(=O)c1cccc(N)c1)C(=O)NC1CC1. The van der Waals surface area contributed by atoms with Gasteiger partial charge in [-0.1, -0.05) is 6.07 Å². The minimum atomic E-state index is -3.73. The summed E-state index contributed by atoms with van der Waals surface area (Å²) in [6, 6.07) is 5.33. The molecule has 2 rings (SSSR count). The molecule has 1 aromatic rings. The average molecular weight is 283 g/mol. The van der Waals surface area contributed by atoms with Gasteiger partial charge in [0.2, 0.25) is 15.9 Å². The van der Waals surface area contributed by atoms with Gasteiger partial charge in [-0.25, -0.2) is 8.42 Å². The number of nitrogens with one attached hydrogen (secondary N) is 2. The number of carbonyl (C=O) groups is 1. The molecule has 1 amide bonds. The Balaban J connectivity index is 2.05. The highest BCUT2D eigenvalue weighted by Gasteiger charge is 2.28. The molecule has 1 fully saturated rings. The normalized spacial score (nSPS) is 16.9. The quantitative estimate of drug-likeness (QED) is 0.672. The Kier molecular flexibility index (Phi) is 3.77. The number of nitrogen functional groups attached to an aromatic ring is 1. The van der Waals surface area contributed by atoms with Crippen LogP contribution < -0.4 is 15.8 Å². The lowest BCUT2D eigenvalue weighted by molar-refractivity contribution is -0.122. The fraction of sp³-hybridized carbons (Fsp3) is 0.417. The highest BCUT2D eigenvalue weighted by atomic mass is 32.2. The molecule has 1 aliphatic carbocycles. The molecule has 0 bridgehead atoms. The smallest absolute Gasteiger partial charge is 0.241 e. The second-order valence-electron chi connectivity index (χ2n) is 4.70. The Morgan fingerprint density at radius 3 is 2.68 bits per heavy atom. The van der Waals surface area contributed by atoms with Crippen molar-refractivity contribution in [1.29, 1.82) is 0 Å². The molecule has 0 aliphatic heterocycles. The molecule has 0 spiro atoms. The van der Waals surface area contributed by atoms with Crippen molar-refractivity contribution in [3.63, 3.8) is 0 Å². The van der Waals surface area contributed by atoms with Crippen molar-refractivity contribution < 1.29 is 13.2 Å². The summed E-state index contributed by atoms with van der Waals surface area (Å²) in [6.07, 6.45) is 1.92. The summed E-state index contributed by atoms with van der Waals surface area (Å²) in [7, 11) is -3.73. The maximum Gasteiger partial charge on any atom is 0.241 e. The van der Waals surface area contributed by atoms with E-state index in [0.29, 0.717) is 5.69 Å². The Bertz CT molecular complexity index is 582. The van der Waals surface area contributed by atoms with Crippen LogP contribution in [0.1, 0.15) is 19.8 Å². The number of nitrogens with two attached hydrogens (primary N) is 1. The van der Waals surface area contributed by atoms with Gasteiger partial charge in [0.15, 0.2) is 0 Å². The van der Waals surface area contributed by atoms with Crippen LogP contribution in [-0.2, 0) is 14.8 Å². The van der Waals surface area contributed by atoms with Crippen LogP contribution in [-0.4, -0.2) is 26.4 Å². The van der Waals surface area contributed by atoms with Crippen molar-refractivity contribution in [2.75, 3.05) is 5.73 Å². The summed E-state index contributed by atoms with van der Waals surface area (Å²) in [4.78, 5) is 11.8. The van der Waals surface area contributed by atoms with E-state index in [4.69, 9.17) is 5.73 Å². The van der Waals surface area contributed by atoms with Crippen LogP contribution in [0.2, 0.25) is 0 Å². The first-order chi connectivity index (χ1) is 8.88. The van der Waals surface area contributed by atoms with Gasteiger partial charge >= 0.3 is 0 Å². The summed E-state index contributed by atoms with van der Waals surface area (Å²) < 4.78 is 26.4. The fourth-order valence-electron chi connectivity index (χ4n) is 1.59. The predicted octanol–water partition coefficient (Wildman–Crippen LogP) is 0.214. The topological polar surface area (TPSA) is 101 Å². The molecule has 1 unspecified atom stereocenters. The summed E-state index contributed by atoms with van der Waals surface area (Å²) in [6.45, 7) is 1.52. The van der Waals surface area contributed by atoms with Gasteiger partial charge in [0.1, 0.15) is 0 Å². The minimum Gasteiger partial charge on any atom is -0.399 e. The molecule has 7 heteroatoms. The molecule has 1 aliphatic rings. The fourth-order valence-corrected chi connectivity index (χ4v) is 2.85. The second-order valence-corrected chi connectivity index (χ2v) is 6.41. The van der Waals surface area contributed by atoms with Crippen molar-refractivity contribution in [3.8, 4) is 0 Å². The van der Waals surface area contributed by atoms with E-state index in [1.807, 2.05) is 0 Å². The van der Waals surface area contributed by atoms with Gasteiger partial charge in [-0.3, -0.25) is 4.79 Å². The van der Waals surface area contributed by atoms with Crippen LogP contribution in [0.15, 0.2) is 29.2 Å². The molecule has 1 aromatic carbocycles. The Morgan fingerprint density at radius 1 is 1.42 bits per heavy atom. The monoisotopic (exact) mass is 283 g/mol. The van der Waals surface area contributed by atoms with E-state index in [1.165, 1.54) is 19.1 Å². The molecule has 6 nitrogen and oxygen atoms in total. The number of hydrogen-bond donors (Lipinski definition) is 3. The number of amides is 1. The maximum atomic E-state index is 12.1. The lowest BCUT2D eigenvalue weighted by Crippen LogP contribution is -2.45. The van der Waals surface area contributed by atoms with Crippen LogP contribution in [0.25, 0.3) is 0 Å². The van der Waals surface area contributed by atoms with Gasteiger partial charge in [-0.15, -0.1) is 0 Å². The average Bonchev–Trinajstić information content (AvgIpc) is 3.12. The Morgan fingerprint density at radius 2 is 2.11 bits per heavy atom. The molecule has 1 atom stereocenters. The number of anilines is 1. The van der Waals surface area contributed by atoms with E-state index in [-0.39, 0.29) is 16.8 Å². The number of benzene rings is 1. The van der Waals surface area contributed by atoms with Crippen LogP contribution in [0.4, 0.5) is 5.69 Å². The lowest BCUT2D eigenvalue weighted by Gasteiger charge is -2.14. The van der Waals surface area contributed by atoms with E-state index in [2.05, 4.69) is 10.0 Å². The maximum absolute atomic E-state index is 12.1. The predicted molar refractivity (Wildman–Crippen MR) is 71.8 cm³/mol. The van der Waals surface area contributed by atoms with E-state index in [0.717, 1.165) is 12.8 Å². The van der Waals surface area contributed by atoms with Crippen molar-refractivity contribution in [2.45, 2.75) is 36.7 Å². The third-order valence-corrected chi connectivity index (χ3v) is 4.36. The molecule has 0 radical (unpaired) electrons. The number of carbonyl (C=O) groups excluding carboxylic acids is 1. The third-order valence-electron chi connectivity index (χ3n) is 2.82. The Hall–Kier alpha value is -1.60. The van der Waals surface area contributed by atoms with Gasteiger partial charge in [0, 0.05) is 11.7 Å². The summed E-state index contributed by atoms with van der Waals surface area (Å²) in [5, 5.41) is 2.75. The first-order valence-corrected chi connectivity index (χ1v) is 7.55. The summed E-state index contributed by atoms with van der Waals surface area (Å²) in [5.74, 6) is -0.310. The van der Waals surface area contributed by atoms with Crippen molar-refractivity contribution in [3.05, 3.63) is 24.3 Å². The molecule has 4 N–H and O–H groups in total. The molecule has 0 heterocycles. The highest BCUT2D eigenvalue weighted by molar-refractivity contribution is 7.89. The van der Waals surface area contributed by atoms with E-state index in [9.17, 15) is 13.2 Å². The first-order valence-electron chi connectivity index (χ1n) is 6.07. The molecule has 19 heavy (non-hydrogen) atoms. The zero-order chi connectivity index (χ0) is 14.0. The van der Waals surface area contributed by atoms with Gasteiger partial charge in [0.05, 0.1) is 10.9 Å². The van der Waals surface area contributed by atoms with Crippen molar-refractivity contribution in [1.82, 2.24) is 10.0 Å². The van der Waals surface area contributed by atoms with Crippen LogP contribution >= 0.6 is 0 Å². The third kappa shape index (κ3) is 3.68. The Labute approximate surface area is 112 Å². The second kappa shape index (κ2) is 5.18. The van der Waals surface area contributed by atoms with Crippen molar-refractivity contribution in [2.24, 2.45) is 0 Å². The zero-order valence-corrected chi connectivity index (χ0v) is 11.4. The number of sulfonamides is 1. The molecule has 0 aromatic heterocycles. The summed E-state index contributed by atoms with van der Waals surface area (Å²) >= 11 is 0. The van der Waals surface area contributed by atoms with Gasteiger partial charge in [0.25, 0.3) is 0 Å². The van der Waals surface area contributed by atoms with Crippen molar-refractivity contribution >= 4 is 21.6 Å². The molecule has 104 valence electrons. The number of rotatable bonds is 5. The molecular weight excluding hydrogens is 266 g/mol. The van der Waals surface area contributed by atoms with E-state index < -0.39 is 16.1 Å². The van der Waals surface area contributed by atoms with E-state index >= 15 is 0 Å². The van der Waals surface area contributed by atoms with Gasteiger partial charge in [-0.05, 0) is 38.0 Å². The minimum absolute atomic E-state index is 0.0542. The first kappa shape index (κ1) is 13.8. The lowest BCUT2D eigenvalue weighted by atomic mass is 10.3. The molecule has 1 saturated carbocycles. The van der Waals surface area contributed by atoms with Gasteiger partial charge < -0.3 is 11.1 Å². The van der Waals surface area contributed by atoms with E-state index in [1.54, 1.807) is 12.1 Å². The molecular formula is C12H17N3O3S. The standard InChI is InChI=1S/C12H17N3O3S/c1-8(12(16)14-10-5-6-10)15-19(17,18)11-4-2-3-9(13)7-11/h2-4,7-8,10,15H,5-6,13H2,1H3,(H,14,16). The van der Waals surface area contributed by atoms with Crippen LogP contribution in [0.5, 0.6) is 0 Å². The molecule has 0 saturated heterocycles. The largest absolute Gasteiger partial charge is 0.399 e. The summed E-state index contributed by atoms with van der Waals surface area (Å²) in [5.41, 5.74) is 5.91. The number of hydrogen-bond acceptors (Lipinski definition) is 4. The van der Waals surface area contributed by atoms with Gasteiger partial charge in [-0.2, -0.15) is 4.72 Å².